The van der Waals surface area contributed by atoms with Gasteiger partial charge in [-0.25, -0.2) is 0 Å². The molecule has 1 aromatic rings. The first-order valence-corrected chi connectivity index (χ1v) is 3.90. The van der Waals surface area contributed by atoms with Gasteiger partial charge in [0.15, 0.2) is 0 Å². The Bertz CT molecular complexity index is 212. The molecule has 70 valence electrons. The van der Waals surface area contributed by atoms with Crippen LogP contribution in [-0.4, -0.2) is 21.9 Å². The zero-order valence-electron chi connectivity index (χ0n) is 7.61. The van der Waals surface area contributed by atoms with E-state index in [1.54, 1.807) is 6.92 Å². The van der Waals surface area contributed by atoms with Gasteiger partial charge >= 0.3 is 0 Å². The van der Waals surface area contributed by atoms with Gasteiger partial charge in [-0.3, -0.25) is 0 Å². The van der Waals surface area contributed by atoms with Crippen LogP contribution in [0, 0.1) is 6.92 Å². The Balaban J connectivity index is 0.000000561. The van der Waals surface area contributed by atoms with Crippen molar-refractivity contribution in [1.29, 1.82) is 0 Å². The monoisotopic (exact) mass is 173 g/mol. The van der Waals surface area contributed by atoms with Gasteiger partial charge in [-0.1, -0.05) is 13.8 Å². The SMILES string of the molecule is CC.Cc1nnc(C(N)CO)o1. The van der Waals surface area contributed by atoms with Crippen LogP contribution < -0.4 is 5.73 Å². The van der Waals surface area contributed by atoms with E-state index in [1.165, 1.54) is 0 Å². The lowest BCUT2D eigenvalue weighted by Gasteiger charge is -1.98. The third-order valence-electron chi connectivity index (χ3n) is 1.06. The van der Waals surface area contributed by atoms with Crippen molar-refractivity contribution in [2.75, 3.05) is 6.61 Å². The van der Waals surface area contributed by atoms with E-state index in [2.05, 4.69) is 10.2 Å². The van der Waals surface area contributed by atoms with Crippen LogP contribution in [0.25, 0.3) is 0 Å². The molecular weight excluding hydrogens is 158 g/mol. The molecular formula is C7H15N3O2. The van der Waals surface area contributed by atoms with Crippen LogP contribution in [0.1, 0.15) is 31.7 Å². The molecule has 1 unspecified atom stereocenters. The quantitative estimate of drug-likeness (QED) is 0.676. The lowest BCUT2D eigenvalue weighted by Crippen LogP contribution is -2.14. The van der Waals surface area contributed by atoms with Gasteiger partial charge in [0, 0.05) is 6.92 Å². The van der Waals surface area contributed by atoms with E-state index in [0.29, 0.717) is 5.89 Å². The van der Waals surface area contributed by atoms with E-state index in [9.17, 15) is 0 Å². The Morgan fingerprint density at radius 3 is 2.42 bits per heavy atom. The van der Waals surface area contributed by atoms with Crippen LogP contribution in [0.15, 0.2) is 4.42 Å². The second-order valence-corrected chi connectivity index (χ2v) is 1.95. The van der Waals surface area contributed by atoms with Crippen LogP contribution in [0.3, 0.4) is 0 Å². The van der Waals surface area contributed by atoms with Gasteiger partial charge in [0.1, 0.15) is 6.04 Å². The number of aryl methyl sites for hydroxylation is 1. The summed E-state index contributed by atoms with van der Waals surface area (Å²) in [4.78, 5) is 0. The van der Waals surface area contributed by atoms with Crippen LogP contribution in [0.5, 0.6) is 0 Å². The molecule has 0 aliphatic rings. The number of rotatable bonds is 2. The minimum atomic E-state index is -0.554. The highest BCUT2D eigenvalue weighted by Gasteiger charge is 2.10. The smallest absolute Gasteiger partial charge is 0.235 e. The lowest BCUT2D eigenvalue weighted by atomic mass is 10.3. The second-order valence-electron chi connectivity index (χ2n) is 1.95. The van der Waals surface area contributed by atoms with Crippen molar-refractivity contribution in [3.63, 3.8) is 0 Å². The van der Waals surface area contributed by atoms with Crippen molar-refractivity contribution >= 4 is 0 Å². The van der Waals surface area contributed by atoms with E-state index < -0.39 is 6.04 Å². The normalized spacial score (nSPS) is 11.8. The van der Waals surface area contributed by atoms with Gasteiger partial charge < -0.3 is 15.3 Å². The molecule has 0 aliphatic heterocycles. The molecule has 0 fully saturated rings. The number of hydrogen-bond donors (Lipinski definition) is 2. The van der Waals surface area contributed by atoms with Gasteiger partial charge in [-0.05, 0) is 0 Å². The summed E-state index contributed by atoms with van der Waals surface area (Å²) in [5.74, 6) is 0.735. The van der Waals surface area contributed by atoms with Gasteiger partial charge in [-0.15, -0.1) is 10.2 Å². The van der Waals surface area contributed by atoms with Gasteiger partial charge in [0.05, 0.1) is 6.61 Å². The minimum Gasteiger partial charge on any atom is -0.424 e. The number of hydrogen-bond acceptors (Lipinski definition) is 5. The Labute approximate surface area is 71.6 Å². The van der Waals surface area contributed by atoms with Gasteiger partial charge in [-0.2, -0.15) is 0 Å². The summed E-state index contributed by atoms with van der Waals surface area (Å²) in [5, 5.41) is 15.7. The number of aliphatic hydroxyl groups excluding tert-OH is 1. The van der Waals surface area contributed by atoms with E-state index in [-0.39, 0.29) is 12.5 Å². The zero-order valence-corrected chi connectivity index (χ0v) is 7.61. The predicted octanol–water partition coefficient (Wildman–Crippen LogP) is 0.396. The molecule has 0 saturated heterocycles. The summed E-state index contributed by atoms with van der Waals surface area (Å²) in [7, 11) is 0. The molecule has 0 spiro atoms. The van der Waals surface area contributed by atoms with Gasteiger partial charge in [0.25, 0.3) is 0 Å². The molecule has 5 nitrogen and oxygen atoms in total. The molecule has 1 aromatic heterocycles. The molecule has 0 saturated carbocycles. The first-order valence-electron chi connectivity index (χ1n) is 3.90. The van der Waals surface area contributed by atoms with E-state index >= 15 is 0 Å². The van der Waals surface area contributed by atoms with Crippen molar-refractivity contribution < 1.29 is 9.52 Å². The van der Waals surface area contributed by atoms with Crippen molar-refractivity contribution in [3.05, 3.63) is 11.8 Å². The summed E-state index contributed by atoms with van der Waals surface area (Å²) in [6.07, 6.45) is 0. The Morgan fingerprint density at radius 1 is 1.50 bits per heavy atom. The van der Waals surface area contributed by atoms with Crippen molar-refractivity contribution in [2.24, 2.45) is 5.73 Å². The first kappa shape index (κ1) is 11.1. The first-order chi connectivity index (χ1) is 5.74. The summed E-state index contributed by atoms with van der Waals surface area (Å²) < 4.78 is 4.93. The fourth-order valence-corrected chi connectivity index (χ4v) is 0.540. The summed E-state index contributed by atoms with van der Waals surface area (Å²) in [6, 6.07) is -0.554. The van der Waals surface area contributed by atoms with E-state index in [4.69, 9.17) is 15.3 Å². The van der Waals surface area contributed by atoms with Crippen LogP contribution in [0.4, 0.5) is 0 Å². The molecule has 0 aliphatic carbocycles. The summed E-state index contributed by atoms with van der Waals surface area (Å²) >= 11 is 0. The molecule has 5 heteroatoms. The minimum absolute atomic E-state index is 0.179. The highest BCUT2D eigenvalue weighted by molar-refractivity contribution is 4.86. The Kier molecular flexibility index (Phi) is 5.23. The number of nitrogens with zero attached hydrogens (tertiary/aromatic N) is 2. The number of aromatic nitrogens is 2. The maximum absolute atomic E-state index is 8.54. The molecule has 1 heterocycles. The number of aliphatic hydroxyl groups is 1. The molecule has 0 bridgehead atoms. The van der Waals surface area contributed by atoms with Crippen molar-refractivity contribution in [3.8, 4) is 0 Å². The average Bonchev–Trinajstić information content (AvgIpc) is 2.54. The molecule has 0 aromatic carbocycles. The van der Waals surface area contributed by atoms with E-state index in [0.717, 1.165) is 0 Å². The molecule has 12 heavy (non-hydrogen) atoms. The van der Waals surface area contributed by atoms with Crippen LogP contribution in [0.2, 0.25) is 0 Å². The molecule has 3 N–H and O–H groups in total. The largest absolute Gasteiger partial charge is 0.424 e. The van der Waals surface area contributed by atoms with Crippen molar-refractivity contribution in [2.45, 2.75) is 26.8 Å². The molecule has 1 atom stereocenters. The third-order valence-corrected chi connectivity index (χ3v) is 1.06. The van der Waals surface area contributed by atoms with Crippen LogP contribution >= 0.6 is 0 Å². The fourth-order valence-electron chi connectivity index (χ4n) is 0.540. The second kappa shape index (κ2) is 5.68. The van der Waals surface area contributed by atoms with Gasteiger partial charge in [0.2, 0.25) is 11.8 Å². The highest BCUT2D eigenvalue weighted by atomic mass is 16.4. The van der Waals surface area contributed by atoms with E-state index in [1.807, 2.05) is 13.8 Å². The predicted molar refractivity (Wildman–Crippen MR) is 44.4 cm³/mol. The molecule has 0 radical (unpaired) electrons. The van der Waals surface area contributed by atoms with Crippen molar-refractivity contribution in [1.82, 2.24) is 10.2 Å². The third kappa shape index (κ3) is 2.98. The maximum Gasteiger partial charge on any atom is 0.235 e. The topological polar surface area (TPSA) is 85.2 Å². The summed E-state index contributed by atoms with van der Waals surface area (Å²) in [5.41, 5.74) is 5.36. The molecule has 1 rings (SSSR count). The fraction of sp³-hybridized carbons (Fsp3) is 0.714. The highest BCUT2D eigenvalue weighted by Crippen LogP contribution is 2.05. The summed E-state index contributed by atoms with van der Waals surface area (Å²) in [6.45, 7) is 5.49. The van der Waals surface area contributed by atoms with Crippen LogP contribution in [-0.2, 0) is 0 Å². The Hall–Kier alpha value is -0.940. The standard InChI is InChI=1S/C5H9N3O2.C2H6/c1-3-7-8-5(10-3)4(6)2-9;1-2/h4,9H,2,6H2,1H3;1-2H3. The maximum atomic E-state index is 8.54. The average molecular weight is 173 g/mol. The lowest BCUT2D eigenvalue weighted by molar-refractivity contribution is 0.246. The Morgan fingerprint density at radius 2 is 2.08 bits per heavy atom. The molecule has 0 amide bonds. The zero-order chi connectivity index (χ0) is 9.56. The number of nitrogens with two attached hydrogens (primary N) is 1.